The van der Waals surface area contributed by atoms with Crippen LogP contribution in [-0.2, 0) is 6.54 Å². The molecule has 3 heterocycles. The number of fused-ring (bicyclic) bond motifs is 2. The van der Waals surface area contributed by atoms with Crippen LogP contribution in [0.1, 0.15) is 5.56 Å². The Balaban J connectivity index is 1.52. The van der Waals surface area contributed by atoms with E-state index in [9.17, 15) is 0 Å². The molecule has 6 nitrogen and oxygen atoms in total. The van der Waals surface area contributed by atoms with Crippen molar-refractivity contribution in [2.75, 3.05) is 12.1 Å². The van der Waals surface area contributed by atoms with Crippen molar-refractivity contribution in [2.24, 2.45) is 0 Å². The molecule has 4 rings (SSSR count). The van der Waals surface area contributed by atoms with E-state index >= 15 is 0 Å². The van der Waals surface area contributed by atoms with Gasteiger partial charge < -0.3 is 14.8 Å². The van der Waals surface area contributed by atoms with Crippen LogP contribution in [0.3, 0.4) is 0 Å². The smallest absolute Gasteiger partial charge is 0.231 e. The zero-order valence-electron chi connectivity index (χ0n) is 11.1. The van der Waals surface area contributed by atoms with Crippen LogP contribution in [-0.4, -0.2) is 21.7 Å². The second-order valence-corrected chi connectivity index (χ2v) is 4.64. The van der Waals surface area contributed by atoms with Gasteiger partial charge in [-0.2, -0.15) is 0 Å². The first kappa shape index (κ1) is 11.9. The molecule has 21 heavy (non-hydrogen) atoms. The Labute approximate surface area is 120 Å². The van der Waals surface area contributed by atoms with Gasteiger partial charge >= 0.3 is 0 Å². The van der Waals surface area contributed by atoms with Crippen molar-refractivity contribution in [3.8, 4) is 11.5 Å². The van der Waals surface area contributed by atoms with E-state index in [0.717, 1.165) is 28.4 Å². The van der Waals surface area contributed by atoms with E-state index in [0.29, 0.717) is 12.2 Å². The Morgan fingerprint density at radius 1 is 1.00 bits per heavy atom. The Morgan fingerprint density at radius 2 is 1.90 bits per heavy atom. The third-order valence-corrected chi connectivity index (χ3v) is 3.24. The summed E-state index contributed by atoms with van der Waals surface area (Å²) in [7, 11) is 0. The van der Waals surface area contributed by atoms with Gasteiger partial charge in [-0.25, -0.2) is 9.97 Å². The summed E-state index contributed by atoms with van der Waals surface area (Å²) in [5.74, 6) is 2.34. The first-order valence-corrected chi connectivity index (χ1v) is 6.59. The van der Waals surface area contributed by atoms with Crippen molar-refractivity contribution in [3.63, 3.8) is 0 Å². The monoisotopic (exact) mass is 280 g/mol. The number of nitrogens with zero attached hydrogens (tertiary/aromatic N) is 3. The molecule has 0 atom stereocenters. The summed E-state index contributed by atoms with van der Waals surface area (Å²) in [5.41, 5.74) is 2.51. The molecule has 0 amide bonds. The second-order valence-electron chi connectivity index (χ2n) is 4.64. The van der Waals surface area contributed by atoms with Crippen LogP contribution in [0.4, 0.5) is 5.82 Å². The van der Waals surface area contributed by atoms with Gasteiger partial charge in [0.2, 0.25) is 6.79 Å². The molecule has 6 heteroatoms. The van der Waals surface area contributed by atoms with Gasteiger partial charge in [0.1, 0.15) is 11.3 Å². The topological polar surface area (TPSA) is 69.2 Å². The van der Waals surface area contributed by atoms with Crippen LogP contribution in [0.15, 0.2) is 42.7 Å². The van der Waals surface area contributed by atoms with Crippen LogP contribution < -0.4 is 14.8 Å². The number of benzene rings is 1. The van der Waals surface area contributed by atoms with Gasteiger partial charge in [-0.15, -0.1) is 0 Å². The number of rotatable bonds is 3. The van der Waals surface area contributed by atoms with E-state index in [1.165, 1.54) is 0 Å². The average Bonchev–Trinajstić information content (AvgIpc) is 3.00. The highest BCUT2D eigenvalue weighted by molar-refractivity contribution is 5.71. The number of hydrogen-bond donors (Lipinski definition) is 1. The fourth-order valence-corrected chi connectivity index (χ4v) is 2.20. The number of pyridine rings is 1. The van der Waals surface area contributed by atoms with Gasteiger partial charge in [0, 0.05) is 18.9 Å². The van der Waals surface area contributed by atoms with Crippen LogP contribution in [0, 0.1) is 0 Å². The van der Waals surface area contributed by atoms with Gasteiger partial charge in [-0.05, 0) is 29.8 Å². The van der Waals surface area contributed by atoms with Gasteiger partial charge in [-0.1, -0.05) is 6.07 Å². The number of hydrogen-bond acceptors (Lipinski definition) is 6. The minimum absolute atomic E-state index is 0.289. The predicted octanol–water partition coefficient (Wildman–Crippen LogP) is 2.37. The highest BCUT2D eigenvalue weighted by Gasteiger charge is 2.13. The molecular weight excluding hydrogens is 268 g/mol. The highest BCUT2D eigenvalue weighted by atomic mass is 16.7. The minimum Gasteiger partial charge on any atom is -0.454 e. The summed E-state index contributed by atoms with van der Waals surface area (Å²) >= 11 is 0. The summed E-state index contributed by atoms with van der Waals surface area (Å²) in [6, 6.07) is 9.68. The number of aromatic nitrogens is 3. The summed E-state index contributed by atoms with van der Waals surface area (Å²) in [5, 5.41) is 3.27. The maximum absolute atomic E-state index is 5.36. The Bertz CT molecular complexity index is 807. The molecule has 0 radical (unpaired) electrons. The fraction of sp³-hybridized carbons (Fsp3) is 0.133. The molecule has 0 fully saturated rings. The van der Waals surface area contributed by atoms with Gasteiger partial charge in [0.05, 0.1) is 0 Å². The van der Waals surface area contributed by atoms with Crippen molar-refractivity contribution in [3.05, 3.63) is 48.3 Å². The zero-order chi connectivity index (χ0) is 14.1. The molecule has 104 valence electrons. The van der Waals surface area contributed by atoms with Crippen molar-refractivity contribution in [1.29, 1.82) is 0 Å². The molecule has 0 spiro atoms. The minimum atomic E-state index is 0.289. The van der Waals surface area contributed by atoms with Gasteiger partial charge in [-0.3, -0.25) is 4.98 Å². The van der Waals surface area contributed by atoms with Crippen molar-refractivity contribution >= 4 is 17.0 Å². The number of ether oxygens (including phenoxy) is 2. The lowest BCUT2D eigenvalue weighted by molar-refractivity contribution is 0.174. The first-order valence-electron chi connectivity index (χ1n) is 6.59. The third-order valence-electron chi connectivity index (χ3n) is 3.24. The molecule has 1 aromatic carbocycles. The molecule has 2 aromatic heterocycles. The second kappa shape index (κ2) is 4.90. The quantitative estimate of drug-likeness (QED) is 0.794. The van der Waals surface area contributed by atoms with Crippen LogP contribution >= 0.6 is 0 Å². The van der Waals surface area contributed by atoms with Crippen molar-refractivity contribution < 1.29 is 9.47 Å². The zero-order valence-corrected chi connectivity index (χ0v) is 11.1. The normalized spacial score (nSPS) is 12.6. The lowest BCUT2D eigenvalue weighted by atomic mass is 10.2. The molecule has 0 unspecified atom stereocenters. The third kappa shape index (κ3) is 2.31. The van der Waals surface area contributed by atoms with Crippen LogP contribution in [0.25, 0.3) is 11.2 Å². The van der Waals surface area contributed by atoms with Crippen LogP contribution in [0.2, 0.25) is 0 Å². The summed E-state index contributed by atoms with van der Waals surface area (Å²) in [6.45, 7) is 0.937. The van der Waals surface area contributed by atoms with E-state index in [1.807, 2.05) is 30.3 Å². The van der Waals surface area contributed by atoms with E-state index in [4.69, 9.17) is 9.47 Å². The average molecular weight is 280 g/mol. The maximum Gasteiger partial charge on any atom is 0.231 e. The van der Waals surface area contributed by atoms with E-state index in [2.05, 4.69) is 20.3 Å². The van der Waals surface area contributed by atoms with Gasteiger partial charge in [0.25, 0.3) is 0 Å². The molecule has 0 saturated carbocycles. The standard InChI is InChI=1S/C15H12N4O2/c1-3-12-13(21-9-20-12)7-10(1)8-18-14-4-2-11-15(19-14)17-6-5-16-11/h1-7H,8-9H2,(H,17,18,19). The lowest BCUT2D eigenvalue weighted by Gasteiger charge is -2.07. The molecule has 1 aliphatic heterocycles. The molecule has 0 bridgehead atoms. The molecule has 0 saturated heterocycles. The fourth-order valence-electron chi connectivity index (χ4n) is 2.20. The highest BCUT2D eigenvalue weighted by Crippen LogP contribution is 2.32. The van der Waals surface area contributed by atoms with E-state index < -0.39 is 0 Å². The first-order chi connectivity index (χ1) is 10.4. The largest absolute Gasteiger partial charge is 0.454 e. The van der Waals surface area contributed by atoms with Crippen molar-refractivity contribution in [2.45, 2.75) is 6.54 Å². The molecule has 0 aliphatic carbocycles. The molecule has 1 aliphatic rings. The number of anilines is 1. The SMILES string of the molecule is c1cnc2nc(NCc3ccc4c(c3)OCO4)ccc2n1. The summed E-state index contributed by atoms with van der Waals surface area (Å²) in [4.78, 5) is 12.8. The predicted molar refractivity (Wildman–Crippen MR) is 77.2 cm³/mol. The van der Waals surface area contributed by atoms with Gasteiger partial charge in [0.15, 0.2) is 17.1 Å². The Hall–Kier alpha value is -2.89. The molecular formula is C15H12N4O2. The molecule has 3 aromatic rings. The Kier molecular flexibility index (Phi) is 2.77. The Morgan fingerprint density at radius 3 is 2.90 bits per heavy atom. The summed E-state index contributed by atoms with van der Waals surface area (Å²) in [6.07, 6.45) is 3.29. The summed E-state index contributed by atoms with van der Waals surface area (Å²) < 4.78 is 10.7. The maximum atomic E-state index is 5.36. The van der Waals surface area contributed by atoms with Crippen molar-refractivity contribution in [1.82, 2.24) is 15.0 Å². The van der Waals surface area contributed by atoms with E-state index in [1.54, 1.807) is 12.4 Å². The van der Waals surface area contributed by atoms with Crippen LogP contribution in [0.5, 0.6) is 11.5 Å². The number of nitrogens with one attached hydrogen (secondary N) is 1. The van der Waals surface area contributed by atoms with E-state index in [-0.39, 0.29) is 6.79 Å². The molecule has 1 N–H and O–H groups in total. The lowest BCUT2D eigenvalue weighted by Crippen LogP contribution is -2.02.